The molecule has 0 radical (unpaired) electrons. The van der Waals surface area contributed by atoms with Gasteiger partial charge < -0.3 is 99.0 Å². The number of benzene rings is 1. The fraction of sp³-hybridized carbons (Fsp3) is 0.794. The lowest BCUT2D eigenvalue weighted by Gasteiger charge is -2.49. The van der Waals surface area contributed by atoms with Crippen LogP contribution in [-0.4, -0.2) is 212 Å². The fourth-order valence-corrected chi connectivity index (χ4v) is 6.00. The normalized spacial score (nSPS) is 38.5. The topological polar surface area (TPSA) is 318 Å². The first-order chi connectivity index (χ1) is 25.3. The molecule has 3 aliphatic rings. The van der Waals surface area contributed by atoms with Gasteiger partial charge in [-0.1, -0.05) is 37.3 Å². The van der Waals surface area contributed by atoms with E-state index in [2.05, 4.69) is 21.1 Å². The number of aliphatic carboxylic acids is 1. The summed E-state index contributed by atoms with van der Waals surface area (Å²) in [5.41, 5.74) is 0.730. The van der Waals surface area contributed by atoms with Gasteiger partial charge in [0.05, 0.1) is 66.4 Å². The number of rotatable bonds is 15. The Labute approximate surface area is 312 Å². The Morgan fingerprint density at radius 1 is 0.907 bits per heavy atom. The molecule has 312 valence electrons. The molecule has 5 unspecified atom stereocenters. The number of carbonyl (C=O) groups excluding carboxylic acids is 1. The molecule has 20 heteroatoms. The maximum atomic E-state index is 12.2. The van der Waals surface area contributed by atoms with E-state index in [1.165, 1.54) is 6.92 Å². The summed E-state index contributed by atoms with van der Waals surface area (Å²) in [6.45, 7) is -0.0790. The fourth-order valence-electron chi connectivity index (χ4n) is 6.00. The van der Waals surface area contributed by atoms with Crippen molar-refractivity contribution >= 4 is 5.97 Å². The Morgan fingerprint density at radius 3 is 2.06 bits per heavy atom. The molecule has 0 aliphatic carbocycles. The molecule has 0 aromatic heterocycles. The maximum absolute atomic E-state index is 12.2. The molecule has 0 amide bonds. The summed E-state index contributed by atoms with van der Waals surface area (Å²) in [5, 5.41) is 124. The van der Waals surface area contributed by atoms with Crippen molar-refractivity contribution in [3.8, 4) is 0 Å². The molecule has 54 heavy (non-hydrogen) atoms. The average molecular weight is 784 g/mol. The van der Waals surface area contributed by atoms with Gasteiger partial charge in [0.25, 0.3) is 0 Å². The zero-order valence-electron chi connectivity index (χ0n) is 30.6. The van der Waals surface area contributed by atoms with Crippen LogP contribution in [0.3, 0.4) is 0 Å². The van der Waals surface area contributed by atoms with Crippen molar-refractivity contribution < 1.29 is 99.0 Å². The van der Waals surface area contributed by atoms with E-state index in [0.29, 0.717) is 0 Å². The van der Waals surface area contributed by atoms with Crippen molar-refractivity contribution in [1.29, 1.82) is 0 Å². The third kappa shape index (κ3) is 11.8. The zero-order chi connectivity index (χ0) is 40.5. The minimum atomic E-state index is -2.78. The highest BCUT2D eigenvalue weighted by atomic mass is 16.8. The molecule has 3 saturated heterocycles. The molecule has 16 atom stereocenters. The van der Waals surface area contributed by atoms with Crippen LogP contribution in [0.15, 0.2) is 30.3 Å². The third-order valence-corrected chi connectivity index (χ3v) is 9.45. The molecule has 0 bridgehead atoms. The van der Waals surface area contributed by atoms with E-state index in [-0.39, 0.29) is 13.2 Å². The van der Waals surface area contributed by atoms with Crippen LogP contribution in [0.5, 0.6) is 0 Å². The van der Waals surface area contributed by atoms with Crippen LogP contribution in [0.25, 0.3) is 0 Å². The number of hydrogen-bond acceptors (Lipinski definition) is 19. The second-order valence-electron chi connectivity index (χ2n) is 14.7. The molecule has 4 rings (SSSR count). The van der Waals surface area contributed by atoms with Gasteiger partial charge in [-0.15, -0.1) is 0 Å². The summed E-state index contributed by atoms with van der Waals surface area (Å²) in [6, 6.07) is 8.83. The molecule has 1 aromatic carbocycles. The maximum Gasteiger partial charge on any atom is 0.212 e. The largest absolute Gasteiger partial charge is 0.544 e. The number of likely N-dealkylation sites (N-methyl/N-ethyl adjacent to an activating group) is 1. The zero-order valence-corrected chi connectivity index (χ0v) is 30.6. The monoisotopic (exact) mass is 783 g/mol. The Hall–Kier alpha value is -2.03. The van der Waals surface area contributed by atoms with Gasteiger partial charge in [0.1, 0.15) is 73.6 Å². The average Bonchev–Trinajstić information content (AvgIpc) is 3.13. The predicted molar refractivity (Wildman–Crippen MR) is 178 cm³/mol. The van der Waals surface area contributed by atoms with Crippen LogP contribution in [0.2, 0.25) is 0 Å². The molecule has 11 N–H and O–H groups in total. The molecule has 3 heterocycles. The molecule has 0 spiro atoms. The van der Waals surface area contributed by atoms with Crippen LogP contribution in [0.4, 0.5) is 0 Å². The van der Waals surface area contributed by atoms with Crippen LogP contribution < -0.4 is 5.11 Å². The first-order valence-electron chi connectivity index (χ1n) is 17.5. The molecular formula is C34H57NO19. The van der Waals surface area contributed by atoms with Crippen molar-refractivity contribution in [2.75, 3.05) is 54.1 Å². The van der Waals surface area contributed by atoms with E-state index in [1.807, 2.05) is 0 Å². The number of quaternary nitrogens is 1. The smallest absolute Gasteiger partial charge is 0.212 e. The molecule has 20 nitrogen and oxygen atoms in total. The van der Waals surface area contributed by atoms with Crippen molar-refractivity contribution in [3.05, 3.63) is 35.9 Å². The van der Waals surface area contributed by atoms with Crippen LogP contribution in [0.1, 0.15) is 18.9 Å². The first kappa shape index (κ1) is 46.4. The number of carboxylic acid groups (broad SMARTS) is 1. The Morgan fingerprint density at radius 2 is 1.52 bits per heavy atom. The van der Waals surface area contributed by atoms with Gasteiger partial charge in [-0.25, -0.2) is 0 Å². The lowest BCUT2D eigenvalue weighted by atomic mass is 9.84. The highest BCUT2D eigenvalue weighted by Crippen LogP contribution is 2.37. The molecule has 3 fully saturated rings. The standard InChI is InChI=1S/C29H44O18.C5H14NO/c1-12-14(32)7-29(28(40)41,47-24(12)18(34)15(33)8-30)43-11-17-19(35)20(36)22(38)27(45-17)46-25-16(9-31)44-26(23(39)21(25)37)42-10-13-5-3-2-4-6-13;1-6(2,3)4-5-7/h2-6,12,14-27,30-39H,7-11H2,1H3,(H,40,41);7H,4-5H2,1-3H3/q;+1/p-1/t12-,14-,15-,16?,17?,18-,19+,20+,21-,22?,23?,24?,25-,26-,27+,29-;/m1./s1. The molecule has 0 saturated carbocycles. The van der Waals surface area contributed by atoms with Gasteiger partial charge in [-0.2, -0.15) is 0 Å². The summed E-state index contributed by atoms with van der Waals surface area (Å²) in [5.74, 6) is -5.73. The summed E-state index contributed by atoms with van der Waals surface area (Å²) in [6.07, 6.45) is -24.7. The number of carboxylic acids is 1. The van der Waals surface area contributed by atoms with E-state index in [0.717, 1.165) is 16.6 Å². The number of nitrogens with zero attached hydrogens (tertiary/aromatic N) is 1. The summed E-state index contributed by atoms with van der Waals surface area (Å²) >= 11 is 0. The van der Waals surface area contributed by atoms with Gasteiger partial charge in [0.2, 0.25) is 5.79 Å². The van der Waals surface area contributed by atoms with E-state index < -0.39 is 130 Å². The summed E-state index contributed by atoms with van der Waals surface area (Å²) in [7, 11) is 6.16. The Kier molecular flexibility index (Phi) is 17.5. The minimum Gasteiger partial charge on any atom is -0.544 e. The van der Waals surface area contributed by atoms with Crippen LogP contribution in [0, 0.1) is 5.92 Å². The number of aliphatic hydroxyl groups is 11. The number of hydrogen-bond donors (Lipinski definition) is 11. The number of ether oxygens (including phenoxy) is 6. The van der Waals surface area contributed by atoms with Crippen molar-refractivity contribution in [2.45, 2.75) is 112 Å². The quantitative estimate of drug-likeness (QED) is 0.0737. The van der Waals surface area contributed by atoms with Crippen molar-refractivity contribution in [1.82, 2.24) is 0 Å². The van der Waals surface area contributed by atoms with Gasteiger partial charge in [-0.3, -0.25) is 0 Å². The third-order valence-electron chi connectivity index (χ3n) is 9.45. The van der Waals surface area contributed by atoms with E-state index >= 15 is 0 Å². The Balaban J connectivity index is 0.00000102. The van der Waals surface area contributed by atoms with Crippen molar-refractivity contribution in [3.63, 3.8) is 0 Å². The lowest BCUT2D eigenvalue weighted by molar-refractivity contribution is -0.870. The number of carbonyl (C=O) groups is 1. The molecule has 1 aromatic rings. The van der Waals surface area contributed by atoms with E-state index in [1.54, 1.807) is 30.3 Å². The summed E-state index contributed by atoms with van der Waals surface area (Å²) < 4.78 is 34.1. The SMILES string of the molecule is C[C@H]1C([C@H](O)[C@H](O)CO)O[C@@](OCC2O[C@@H](O[C@@H]3C(CO)O[C@@H](OCc4ccccc4)C(O)[C@H]3O)C(O)[C@@H](O)[C@H]2O)(C(=O)[O-])C[C@H]1O.C[N+](C)(C)CCO. The van der Waals surface area contributed by atoms with Gasteiger partial charge in [-0.05, 0) is 5.56 Å². The number of aliphatic hydroxyl groups excluding tert-OH is 11. The van der Waals surface area contributed by atoms with Gasteiger partial charge >= 0.3 is 0 Å². The van der Waals surface area contributed by atoms with Crippen molar-refractivity contribution in [2.24, 2.45) is 5.92 Å². The predicted octanol–water partition coefficient (Wildman–Crippen LogP) is -6.52. The van der Waals surface area contributed by atoms with Gasteiger partial charge in [0, 0.05) is 12.3 Å². The lowest BCUT2D eigenvalue weighted by Crippen LogP contribution is -2.66. The molecule has 3 aliphatic heterocycles. The van der Waals surface area contributed by atoms with Crippen LogP contribution in [-0.2, 0) is 39.8 Å². The van der Waals surface area contributed by atoms with Gasteiger partial charge in [0.15, 0.2) is 12.6 Å². The highest BCUT2D eigenvalue weighted by molar-refractivity contribution is 5.73. The molecular weight excluding hydrogens is 726 g/mol. The van der Waals surface area contributed by atoms with E-state index in [9.17, 15) is 61.0 Å². The second-order valence-corrected chi connectivity index (χ2v) is 14.7. The summed E-state index contributed by atoms with van der Waals surface area (Å²) in [4.78, 5) is 12.2. The Bertz CT molecular complexity index is 1260. The van der Waals surface area contributed by atoms with E-state index in [4.69, 9.17) is 33.5 Å². The second kappa shape index (κ2) is 20.4. The highest BCUT2D eigenvalue weighted by Gasteiger charge is 2.54. The van der Waals surface area contributed by atoms with Crippen LogP contribution >= 0.6 is 0 Å². The first-order valence-corrected chi connectivity index (χ1v) is 17.5. The minimum absolute atomic E-state index is 0.0100.